The van der Waals surface area contributed by atoms with Gasteiger partial charge >= 0.3 is 0 Å². The van der Waals surface area contributed by atoms with Crippen molar-refractivity contribution in [2.24, 2.45) is 0 Å². The van der Waals surface area contributed by atoms with E-state index in [9.17, 15) is 14.9 Å². The number of fused-ring (bicyclic) bond motifs is 1. The highest BCUT2D eigenvalue weighted by Crippen LogP contribution is 2.35. The number of anilines is 1. The Morgan fingerprint density at radius 2 is 2.18 bits per heavy atom. The molecule has 1 atom stereocenters. The fourth-order valence-electron chi connectivity index (χ4n) is 2.02. The minimum absolute atomic E-state index is 0.0262. The van der Waals surface area contributed by atoms with E-state index in [1.54, 1.807) is 11.9 Å². The number of hydrogen-bond donors (Lipinski definition) is 0. The van der Waals surface area contributed by atoms with Gasteiger partial charge in [-0.1, -0.05) is 18.2 Å². The van der Waals surface area contributed by atoms with E-state index >= 15 is 0 Å². The molecule has 5 heteroatoms. The summed E-state index contributed by atoms with van der Waals surface area (Å²) >= 11 is 0. The Labute approximate surface area is 98.5 Å². The average molecular weight is 232 g/mol. The van der Waals surface area contributed by atoms with Crippen molar-refractivity contribution in [3.05, 3.63) is 52.2 Å². The van der Waals surface area contributed by atoms with E-state index in [0.29, 0.717) is 0 Å². The zero-order chi connectivity index (χ0) is 12.4. The second kappa shape index (κ2) is 4.37. The number of allylic oxidation sites excluding steroid dienone is 1. The third kappa shape index (κ3) is 2.18. The Bertz CT molecular complexity index is 496. The second-order valence-electron chi connectivity index (χ2n) is 3.95. The van der Waals surface area contributed by atoms with Gasteiger partial charge in [0.05, 0.1) is 4.92 Å². The predicted molar refractivity (Wildman–Crippen MR) is 63.3 cm³/mol. The van der Waals surface area contributed by atoms with Crippen molar-refractivity contribution < 1.29 is 9.72 Å². The lowest BCUT2D eigenvalue weighted by Crippen LogP contribution is -2.32. The van der Waals surface area contributed by atoms with Gasteiger partial charge in [0.15, 0.2) is 0 Å². The lowest BCUT2D eigenvalue weighted by Gasteiger charge is -2.29. The number of nitrogens with zero attached hydrogens (tertiary/aromatic N) is 2. The van der Waals surface area contributed by atoms with Crippen LogP contribution in [0.15, 0.2) is 36.5 Å². The molecule has 0 bridgehead atoms. The zero-order valence-electron chi connectivity index (χ0n) is 9.37. The summed E-state index contributed by atoms with van der Waals surface area (Å²) in [5.41, 5.74) is 1.77. The highest BCUT2D eigenvalue weighted by Gasteiger charge is 2.27. The quantitative estimate of drug-likeness (QED) is 0.578. The lowest BCUT2D eigenvalue weighted by molar-refractivity contribution is -0.402. The number of carbonyl (C=O) groups is 1. The maximum atomic E-state index is 11.7. The Balaban J connectivity index is 2.40. The van der Waals surface area contributed by atoms with Gasteiger partial charge in [-0.25, -0.2) is 0 Å². The van der Waals surface area contributed by atoms with E-state index < -0.39 is 4.92 Å². The number of rotatable bonds is 2. The molecule has 0 aromatic heterocycles. The third-order valence-electron chi connectivity index (χ3n) is 2.91. The van der Waals surface area contributed by atoms with Gasteiger partial charge in [0.1, 0.15) is 0 Å². The van der Waals surface area contributed by atoms with E-state index in [0.717, 1.165) is 17.5 Å². The van der Waals surface area contributed by atoms with Crippen LogP contribution in [0.4, 0.5) is 5.69 Å². The predicted octanol–water partition coefficient (Wildman–Crippen LogP) is 1.93. The van der Waals surface area contributed by atoms with Crippen LogP contribution >= 0.6 is 0 Å². The molecule has 0 fully saturated rings. The number of nitro groups is 1. The minimum atomic E-state index is -0.509. The van der Waals surface area contributed by atoms with Crippen molar-refractivity contribution >= 4 is 11.6 Å². The monoisotopic (exact) mass is 232 g/mol. The van der Waals surface area contributed by atoms with Crippen LogP contribution in [0.25, 0.3) is 0 Å². The molecule has 1 aliphatic heterocycles. The first-order valence-electron chi connectivity index (χ1n) is 5.27. The Kier molecular flexibility index (Phi) is 2.91. The topological polar surface area (TPSA) is 63.5 Å². The SMILES string of the molecule is CN1C(=O)C[C@H](/C=C/[N+](=O)[O-])c2ccccc21. The molecule has 1 aliphatic rings. The molecule has 1 heterocycles. The summed E-state index contributed by atoms with van der Waals surface area (Å²) in [7, 11) is 1.72. The van der Waals surface area contributed by atoms with Gasteiger partial charge in [0, 0.05) is 25.1 Å². The van der Waals surface area contributed by atoms with E-state index in [2.05, 4.69) is 0 Å². The van der Waals surface area contributed by atoms with Gasteiger partial charge in [-0.05, 0) is 17.7 Å². The molecule has 1 amide bonds. The van der Waals surface area contributed by atoms with Crippen LogP contribution in [0, 0.1) is 10.1 Å². The molecule has 0 saturated heterocycles. The van der Waals surface area contributed by atoms with Crippen LogP contribution < -0.4 is 4.90 Å². The maximum Gasteiger partial charge on any atom is 0.231 e. The largest absolute Gasteiger partial charge is 0.315 e. The van der Waals surface area contributed by atoms with Gasteiger partial charge in [-0.2, -0.15) is 0 Å². The Morgan fingerprint density at radius 3 is 2.88 bits per heavy atom. The average Bonchev–Trinajstić information content (AvgIpc) is 2.32. The standard InChI is InChI=1S/C12H12N2O3/c1-13-11-5-3-2-4-10(11)9(8-12(13)15)6-7-14(16)17/h2-7,9H,8H2,1H3/b7-6+/t9-/m0/s1. The van der Waals surface area contributed by atoms with Gasteiger partial charge < -0.3 is 4.90 Å². The molecule has 5 nitrogen and oxygen atoms in total. The maximum absolute atomic E-state index is 11.7. The van der Waals surface area contributed by atoms with Crippen LogP contribution in [0.2, 0.25) is 0 Å². The zero-order valence-corrected chi connectivity index (χ0v) is 9.37. The van der Waals surface area contributed by atoms with Crippen LogP contribution in [0.3, 0.4) is 0 Å². The number of carbonyl (C=O) groups excluding carboxylic acids is 1. The summed E-state index contributed by atoms with van der Waals surface area (Å²) < 4.78 is 0. The highest BCUT2D eigenvalue weighted by atomic mass is 16.6. The summed E-state index contributed by atoms with van der Waals surface area (Å²) in [5, 5.41) is 10.3. The van der Waals surface area contributed by atoms with Crippen LogP contribution in [-0.4, -0.2) is 17.9 Å². The molecular formula is C12H12N2O3. The van der Waals surface area contributed by atoms with Crippen molar-refractivity contribution in [3.8, 4) is 0 Å². The number of para-hydroxylation sites is 1. The van der Waals surface area contributed by atoms with Crippen molar-refractivity contribution in [3.63, 3.8) is 0 Å². The van der Waals surface area contributed by atoms with Gasteiger partial charge in [-0.3, -0.25) is 14.9 Å². The van der Waals surface area contributed by atoms with Crippen LogP contribution in [0.1, 0.15) is 17.9 Å². The van der Waals surface area contributed by atoms with Crippen LogP contribution in [0.5, 0.6) is 0 Å². The van der Waals surface area contributed by atoms with E-state index in [4.69, 9.17) is 0 Å². The van der Waals surface area contributed by atoms with Crippen molar-refractivity contribution in [1.82, 2.24) is 0 Å². The molecule has 0 N–H and O–H groups in total. The molecule has 0 radical (unpaired) electrons. The first-order chi connectivity index (χ1) is 8.09. The lowest BCUT2D eigenvalue weighted by atomic mass is 9.90. The molecule has 2 rings (SSSR count). The fraction of sp³-hybridized carbons (Fsp3) is 0.250. The Hall–Kier alpha value is -2.17. The van der Waals surface area contributed by atoms with Gasteiger partial charge in [0.25, 0.3) is 0 Å². The molecule has 88 valence electrons. The van der Waals surface area contributed by atoms with E-state index in [-0.39, 0.29) is 18.2 Å². The first-order valence-corrected chi connectivity index (χ1v) is 5.27. The number of amides is 1. The van der Waals surface area contributed by atoms with Crippen LogP contribution in [-0.2, 0) is 4.79 Å². The van der Waals surface area contributed by atoms with E-state index in [1.165, 1.54) is 6.08 Å². The molecule has 0 saturated carbocycles. The van der Waals surface area contributed by atoms with Gasteiger partial charge in [0.2, 0.25) is 12.1 Å². The fourth-order valence-corrected chi connectivity index (χ4v) is 2.02. The summed E-state index contributed by atoms with van der Waals surface area (Å²) in [6.45, 7) is 0. The summed E-state index contributed by atoms with van der Waals surface area (Å²) in [6, 6.07) is 7.46. The van der Waals surface area contributed by atoms with Crippen molar-refractivity contribution in [2.75, 3.05) is 11.9 Å². The van der Waals surface area contributed by atoms with Gasteiger partial charge in [-0.15, -0.1) is 0 Å². The normalized spacial score (nSPS) is 19.5. The highest BCUT2D eigenvalue weighted by molar-refractivity contribution is 5.96. The molecule has 0 spiro atoms. The third-order valence-corrected chi connectivity index (χ3v) is 2.91. The smallest absolute Gasteiger partial charge is 0.231 e. The second-order valence-corrected chi connectivity index (χ2v) is 3.95. The van der Waals surface area contributed by atoms with Crippen molar-refractivity contribution in [1.29, 1.82) is 0 Å². The molecule has 0 aliphatic carbocycles. The summed E-state index contributed by atoms with van der Waals surface area (Å²) in [6.07, 6.45) is 2.65. The summed E-state index contributed by atoms with van der Waals surface area (Å²) in [4.78, 5) is 23.1. The molecule has 1 aromatic rings. The molecular weight excluding hydrogens is 220 g/mol. The minimum Gasteiger partial charge on any atom is -0.315 e. The van der Waals surface area contributed by atoms with Crippen molar-refractivity contribution in [2.45, 2.75) is 12.3 Å². The molecule has 1 aromatic carbocycles. The number of benzene rings is 1. The molecule has 0 unspecified atom stereocenters. The first kappa shape index (κ1) is 11.3. The number of hydrogen-bond acceptors (Lipinski definition) is 3. The van der Waals surface area contributed by atoms with E-state index in [1.807, 2.05) is 24.3 Å². The summed E-state index contributed by atoms with van der Waals surface area (Å²) in [5.74, 6) is -0.234. The molecule has 17 heavy (non-hydrogen) atoms. The Morgan fingerprint density at radius 1 is 1.47 bits per heavy atom.